The van der Waals surface area contributed by atoms with E-state index < -0.39 is 0 Å². The lowest BCUT2D eigenvalue weighted by molar-refractivity contribution is 0.443. The van der Waals surface area contributed by atoms with E-state index in [9.17, 15) is 0 Å². The molecule has 1 aromatic carbocycles. The highest BCUT2D eigenvalue weighted by Gasteiger charge is 2.14. The summed E-state index contributed by atoms with van der Waals surface area (Å²) in [6.07, 6.45) is 7.03. The van der Waals surface area contributed by atoms with Gasteiger partial charge in [0.05, 0.1) is 0 Å². The molecule has 0 aromatic heterocycles. The Bertz CT molecular complexity index is 283. The molecule has 81 valence electrons. The largest absolute Gasteiger partial charge is 0.240 e. The van der Waals surface area contributed by atoms with Crippen LogP contribution in [0.5, 0.6) is 0 Å². The molecule has 1 nitrogen and oxygen atoms in total. The van der Waals surface area contributed by atoms with Crippen molar-refractivity contribution >= 4 is 0 Å². The van der Waals surface area contributed by atoms with E-state index in [4.69, 9.17) is 0 Å². The zero-order valence-corrected chi connectivity index (χ0v) is 9.58. The van der Waals surface area contributed by atoms with Gasteiger partial charge in [-0.2, -0.15) is 0 Å². The van der Waals surface area contributed by atoms with Crippen LogP contribution in [-0.4, -0.2) is 7.05 Å². The molecule has 1 aliphatic rings. The maximum Gasteiger partial charge on any atom is 0.0381 e. The SMILES string of the molecule is C[N]Cc1ccc(C2CCCCC2)cc1. The fourth-order valence-electron chi connectivity index (χ4n) is 2.51. The molecule has 0 aliphatic heterocycles. The van der Waals surface area contributed by atoms with Crippen LogP contribution in [0.2, 0.25) is 0 Å². The van der Waals surface area contributed by atoms with Gasteiger partial charge in [-0.25, -0.2) is 5.32 Å². The molecule has 1 fully saturated rings. The van der Waals surface area contributed by atoms with Gasteiger partial charge in [-0.15, -0.1) is 0 Å². The average molecular weight is 202 g/mol. The maximum atomic E-state index is 4.15. The predicted octanol–water partition coefficient (Wildman–Crippen LogP) is 3.47. The van der Waals surface area contributed by atoms with Crippen molar-refractivity contribution < 1.29 is 0 Å². The predicted molar refractivity (Wildman–Crippen MR) is 64.0 cm³/mol. The summed E-state index contributed by atoms with van der Waals surface area (Å²) in [5.74, 6) is 0.825. The topological polar surface area (TPSA) is 14.1 Å². The van der Waals surface area contributed by atoms with Crippen molar-refractivity contribution in [3.8, 4) is 0 Å². The highest BCUT2D eigenvalue weighted by atomic mass is 14.8. The number of hydrogen-bond donors (Lipinski definition) is 0. The summed E-state index contributed by atoms with van der Waals surface area (Å²) in [4.78, 5) is 0. The molecule has 15 heavy (non-hydrogen) atoms. The van der Waals surface area contributed by atoms with Gasteiger partial charge in [-0.3, -0.25) is 0 Å². The molecular weight excluding hydrogens is 182 g/mol. The van der Waals surface area contributed by atoms with Crippen LogP contribution >= 0.6 is 0 Å². The van der Waals surface area contributed by atoms with E-state index in [1.165, 1.54) is 43.2 Å². The fraction of sp³-hybridized carbons (Fsp3) is 0.571. The number of hydrogen-bond acceptors (Lipinski definition) is 0. The summed E-state index contributed by atoms with van der Waals surface area (Å²) >= 11 is 0. The quantitative estimate of drug-likeness (QED) is 0.712. The first-order chi connectivity index (χ1) is 7.40. The van der Waals surface area contributed by atoms with Crippen LogP contribution in [0.15, 0.2) is 24.3 Å². The Labute approximate surface area is 92.9 Å². The van der Waals surface area contributed by atoms with Crippen molar-refractivity contribution in [1.29, 1.82) is 0 Å². The molecule has 1 aromatic rings. The molecule has 1 saturated carbocycles. The van der Waals surface area contributed by atoms with Crippen LogP contribution in [0.1, 0.15) is 49.1 Å². The van der Waals surface area contributed by atoms with Crippen molar-refractivity contribution in [3.05, 3.63) is 35.4 Å². The van der Waals surface area contributed by atoms with Gasteiger partial charge in [-0.1, -0.05) is 43.5 Å². The molecule has 0 amide bonds. The lowest BCUT2D eigenvalue weighted by Crippen LogP contribution is -2.04. The third kappa shape index (κ3) is 2.82. The van der Waals surface area contributed by atoms with Gasteiger partial charge in [0.15, 0.2) is 0 Å². The number of benzene rings is 1. The minimum absolute atomic E-state index is 0.825. The summed E-state index contributed by atoms with van der Waals surface area (Å²) < 4.78 is 0. The van der Waals surface area contributed by atoms with Gasteiger partial charge in [0, 0.05) is 13.6 Å². The summed E-state index contributed by atoms with van der Waals surface area (Å²) in [6, 6.07) is 9.07. The van der Waals surface area contributed by atoms with E-state index in [2.05, 4.69) is 29.6 Å². The average Bonchev–Trinajstić information content (AvgIpc) is 2.32. The smallest absolute Gasteiger partial charge is 0.0381 e. The zero-order chi connectivity index (χ0) is 10.5. The van der Waals surface area contributed by atoms with E-state index >= 15 is 0 Å². The summed E-state index contributed by atoms with van der Waals surface area (Å²) in [5.41, 5.74) is 2.87. The van der Waals surface area contributed by atoms with Gasteiger partial charge in [0.25, 0.3) is 0 Å². The minimum Gasteiger partial charge on any atom is -0.240 e. The number of nitrogens with zero attached hydrogens (tertiary/aromatic N) is 1. The Balaban J connectivity index is 2.02. The molecule has 0 heterocycles. The van der Waals surface area contributed by atoms with E-state index in [1.807, 2.05) is 7.05 Å². The zero-order valence-electron chi connectivity index (χ0n) is 9.58. The first-order valence-electron chi connectivity index (χ1n) is 6.04. The second kappa shape index (κ2) is 5.32. The Morgan fingerprint density at radius 2 is 1.73 bits per heavy atom. The third-order valence-electron chi connectivity index (χ3n) is 3.40. The van der Waals surface area contributed by atoms with Gasteiger partial charge >= 0.3 is 0 Å². The van der Waals surface area contributed by atoms with E-state index in [1.54, 1.807) is 0 Å². The van der Waals surface area contributed by atoms with Gasteiger partial charge in [0.2, 0.25) is 0 Å². The second-order valence-electron chi connectivity index (χ2n) is 4.55. The van der Waals surface area contributed by atoms with E-state index in [0.717, 1.165) is 12.5 Å². The van der Waals surface area contributed by atoms with Crippen LogP contribution in [0.4, 0.5) is 0 Å². The fourth-order valence-corrected chi connectivity index (χ4v) is 2.51. The Morgan fingerprint density at radius 3 is 2.33 bits per heavy atom. The monoisotopic (exact) mass is 202 g/mol. The molecular formula is C14H20N. The Kier molecular flexibility index (Phi) is 3.79. The third-order valence-corrected chi connectivity index (χ3v) is 3.40. The standard InChI is InChI=1S/C14H20N/c1-15-11-12-7-9-14(10-8-12)13-5-3-2-4-6-13/h7-10,13H,2-6,11H2,1H3. The Hall–Kier alpha value is -0.820. The summed E-state index contributed by atoms with van der Waals surface area (Å²) in [6.45, 7) is 0.852. The molecule has 0 atom stereocenters. The molecule has 0 spiro atoms. The summed E-state index contributed by atoms with van der Waals surface area (Å²) in [5, 5.41) is 4.15. The lowest BCUT2D eigenvalue weighted by atomic mass is 9.84. The summed E-state index contributed by atoms with van der Waals surface area (Å²) in [7, 11) is 1.87. The molecule has 2 rings (SSSR count). The van der Waals surface area contributed by atoms with Crippen LogP contribution in [0.3, 0.4) is 0 Å². The first-order valence-corrected chi connectivity index (χ1v) is 6.04. The first kappa shape index (κ1) is 10.7. The van der Waals surface area contributed by atoms with Gasteiger partial charge in [-0.05, 0) is 29.9 Å². The minimum atomic E-state index is 0.825. The van der Waals surface area contributed by atoms with Crippen LogP contribution < -0.4 is 5.32 Å². The molecule has 1 aliphatic carbocycles. The van der Waals surface area contributed by atoms with E-state index in [0.29, 0.717) is 0 Å². The molecule has 0 N–H and O–H groups in total. The normalized spacial score (nSPS) is 17.9. The molecule has 1 radical (unpaired) electrons. The van der Waals surface area contributed by atoms with Crippen molar-refractivity contribution in [1.82, 2.24) is 5.32 Å². The molecule has 1 heteroatoms. The van der Waals surface area contributed by atoms with Crippen LogP contribution in [0, 0.1) is 0 Å². The van der Waals surface area contributed by atoms with Crippen LogP contribution in [0.25, 0.3) is 0 Å². The highest BCUT2D eigenvalue weighted by Crippen LogP contribution is 2.32. The van der Waals surface area contributed by atoms with Crippen LogP contribution in [-0.2, 0) is 6.54 Å². The number of rotatable bonds is 3. The molecule has 0 bridgehead atoms. The van der Waals surface area contributed by atoms with E-state index in [-0.39, 0.29) is 0 Å². The highest BCUT2D eigenvalue weighted by molar-refractivity contribution is 5.25. The van der Waals surface area contributed by atoms with Crippen molar-refractivity contribution in [3.63, 3.8) is 0 Å². The maximum absolute atomic E-state index is 4.15. The second-order valence-corrected chi connectivity index (χ2v) is 4.55. The van der Waals surface area contributed by atoms with Crippen molar-refractivity contribution in [2.45, 2.75) is 44.6 Å². The molecule has 0 saturated heterocycles. The lowest BCUT2D eigenvalue weighted by Gasteiger charge is -2.22. The van der Waals surface area contributed by atoms with Crippen molar-refractivity contribution in [2.24, 2.45) is 0 Å². The van der Waals surface area contributed by atoms with Crippen molar-refractivity contribution in [2.75, 3.05) is 7.05 Å². The van der Waals surface area contributed by atoms with Gasteiger partial charge in [0.1, 0.15) is 0 Å². The Morgan fingerprint density at radius 1 is 1.07 bits per heavy atom. The molecule has 0 unspecified atom stereocenters. The van der Waals surface area contributed by atoms with Gasteiger partial charge < -0.3 is 0 Å².